The Labute approximate surface area is 198 Å². The van der Waals surface area contributed by atoms with Crippen molar-refractivity contribution in [2.45, 2.75) is 34.6 Å². The Hall–Kier alpha value is -2.58. The van der Waals surface area contributed by atoms with Crippen molar-refractivity contribution in [3.8, 4) is 0 Å². The number of hydrogen-bond donors (Lipinski definition) is 0. The Morgan fingerprint density at radius 2 is 0.833 bits per heavy atom. The second kappa shape index (κ2) is 22.7. The summed E-state index contributed by atoms with van der Waals surface area (Å²) in [6.07, 6.45) is 0. The number of benzene rings is 3. The van der Waals surface area contributed by atoms with Crippen LogP contribution in [0.4, 0.5) is 0 Å². The molecule has 6 radical (unpaired) electrons. The van der Waals surface area contributed by atoms with Gasteiger partial charge in [0.2, 0.25) is 0 Å². The summed E-state index contributed by atoms with van der Waals surface area (Å²) in [5.74, 6) is -2.17. The predicted molar refractivity (Wildman–Crippen MR) is 117 cm³/mol. The van der Waals surface area contributed by atoms with Crippen LogP contribution in [-0.2, 0) is 9.59 Å². The molecule has 0 atom stereocenters. The molecule has 30 heavy (non-hydrogen) atoms. The van der Waals surface area contributed by atoms with Gasteiger partial charge in [0.15, 0.2) is 0 Å². The van der Waals surface area contributed by atoms with E-state index in [1.165, 1.54) is 16.7 Å². The van der Waals surface area contributed by atoms with E-state index >= 15 is 0 Å². The molecule has 0 aromatic heterocycles. The van der Waals surface area contributed by atoms with Crippen LogP contribution < -0.4 is 10.2 Å². The van der Waals surface area contributed by atoms with E-state index in [0.29, 0.717) is 0 Å². The summed E-state index contributed by atoms with van der Waals surface area (Å²) in [7, 11) is 0. The summed E-state index contributed by atoms with van der Waals surface area (Å²) in [5.41, 5.74) is 3.80. The molecule has 0 aliphatic rings. The minimum Gasteiger partial charge on any atom is -0.550 e. The van der Waals surface area contributed by atoms with Crippen molar-refractivity contribution in [2.75, 3.05) is 0 Å². The van der Waals surface area contributed by atoms with E-state index in [1.54, 1.807) is 0 Å². The molecular weight excluding hydrogens is 486 g/mol. The fourth-order valence-electron chi connectivity index (χ4n) is 1.45. The number of carboxylic acid groups (broad SMARTS) is 2. The van der Waals surface area contributed by atoms with Crippen molar-refractivity contribution < 1.29 is 19.8 Å². The van der Waals surface area contributed by atoms with Crippen LogP contribution in [0.5, 0.6) is 0 Å². The first-order chi connectivity index (χ1) is 13.6. The standard InChI is InChI=1S/3C7H7.2C2H4O2.Sb/c3*1-7-5-3-2-4-6-7;2*1-2(3)4;/h3*2-3,5-6H,1H3;2*1H3,(H,3,4);/p-2. The van der Waals surface area contributed by atoms with E-state index in [-0.39, 0.29) is 24.4 Å². The first kappa shape index (κ1) is 32.1. The van der Waals surface area contributed by atoms with Gasteiger partial charge in [-0.05, 0) is 52.8 Å². The van der Waals surface area contributed by atoms with E-state index < -0.39 is 11.9 Å². The summed E-state index contributed by atoms with van der Waals surface area (Å²) in [4.78, 5) is 17.8. The zero-order valence-electron chi connectivity index (χ0n) is 18.0. The molecule has 3 aromatic carbocycles. The number of carboxylic acids is 2. The molecule has 0 bridgehead atoms. The van der Waals surface area contributed by atoms with Crippen LogP contribution in [0.3, 0.4) is 0 Å². The van der Waals surface area contributed by atoms with Gasteiger partial charge in [0.25, 0.3) is 0 Å². The molecule has 0 N–H and O–H groups in total. The SMILES string of the molecule is CC(=O)[O-].CC(=O)[O-].Cc1c[c]ccc1.Cc1c[c]ccc1.Cc1c[c]ccc1.[Sb]. The largest absolute Gasteiger partial charge is 0.550 e. The van der Waals surface area contributed by atoms with Gasteiger partial charge in [-0.2, -0.15) is 0 Å². The van der Waals surface area contributed by atoms with Gasteiger partial charge < -0.3 is 19.8 Å². The first-order valence-corrected chi connectivity index (χ1v) is 8.78. The number of carbonyl (C=O) groups is 2. The number of carbonyl (C=O) groups excluding carboxylic acids is 2. The van der Waals surface area contributed by atoms with Crippen molar-refractivity contribution in [3.63, 3.8) is 0 Å². The topological polar surface area (TPSA) is 80.3 Å². The minimum atomic E-state index is -1.08. The van der Waals surface area contributed by atoms with Crippen LogP contribution in [0.15, 0.2) is 72.8 Å². The molecule has 5 heteroatoms. The van der Waals surface area contributed by atoms with Gasteiger partial charge in [-0.25, -0.2) is 0 Å². The number of aryl methyl sites for hydroxylation is 3. The molecule has 3 aromatic rings. The van der Waals surface area contributed by atoms with Crippen molar-refractivity contribution >= 4 is 36.4 Å². The maximum atomic E-state index is 8.89. The van der Waals surface area contributed by atoms with Gasteiger partial charge in [0.1, 0.15) is 0 Å². The second-order valence-electron chi connectivity index (χ2n) is 5.73. The van der Waals surface area contributed by atoms with Crippen LogP contribution in [-0.4, -0.2) is 36.4 Å². The third-order valence-corrected chi connectivity index (χ3v) is 2.59. The molecule has 0 saturated heterocycles. The number of hydrogen-bond acceptors (Lipinski definition) is 4. The van der Waals surface area contributed by atoms with Crippen LogP contribution in [0.25, 0.3) is 0 Å². The smallest absolute Gasteiger partial charge is 0.0383 e. The normalized spacial score (nSPS) is 7.77. The molecule has 0 aliphatic heterocycles. The van der Waals surface area contributed by atoms with Crippen LogP contribution in [0.1, 0.15) is 30.5 Å². The van der Waals surface area contributed by atoms with E-state index in [0.717, 1.165) is 13.8 Å². The summed E-state index contributed by atoms with van der Waals surface area (Å²) in [5, 5.41) is 17.8. The maximum absolute atomic E-state index is 8.89. The Morgan fingerprint density at radius 1 is 0.633 bits per heavy atom. The zero-order valence-corrected chi connectivity index (χ0v) is 20.6. The van der Waals surface area contributed by atoms with Gasteiger partial charge >= 0.3 is 0 Å². The molecule has 0 fully saturated rings. The van der Waals surface area contributed by atoms with Gasteiger partial charge in [0.05, 0.1) is 0 Å². The second-order valence-corrected chi connectivity index (χ2v) is 5.73. The van der Waals surface area contributed by atoms with Crippen molar-refractivity contribution in [3.05, 3.63) is 108 Å². The third-order valence-electron chi connectivity index (χ3n) is 2.59. The van der Waals surface area contributed by atoms with Gasteiger partial charge in [-0.1, -0.05) is 89.5 Å². The zero-order chi connectivity index (χ0) is 22.5. The minimum absolute atomic E-state index is 0. The van der Waals surface area contributed by atoms with Gasteiger partial charge in [0, 0.05) is 36.4 Å². The maximum Gasteiger partial charge on any atom is 0.0383 e. The van der Waals surface area contributed by atoms with Crippen molar-refractivity contribution in [1.82, 2.24) is 0 Å². The summed E-state index contributed by atoms with van der Waals surface area (Å²) >= 11 is 0. The summed E-state index contributed by atoms with van der Waals surface area (Å²) < 4.78 is 0. The molecule has 0 saturated carbocycles. The molecule has 0 amide bonds. The van der Waals surface area contributed by atoms with Crippen LogP contribution in [0, 0.1) is 39.0 Å². The van der Waals surface area contributed by atoms with Gasteiger partial charge in [-0.3, -0.25) is 0 Å². The molecule has 4 nitrogen and oxygen atoms in total. The number of aliphatic carboxylic acids is 2. The number of rotatable bonds is 0. The molecular formula is C25H27O4Sb-2. The molecule has 0 unspecified atom stereocenters. The fourth-order valence-corrected chi connectivity index (χ4v) is 1.45. The average molecular weight is 513 g/mol. The van der Waals surface area contributed by atoms with E-state index in [9.17, 15) is 0 Å². The fraction of sp³-hybridized carbons (Fsp3) is 0.200. The van der Waals surface area contributed by atoms with E-state index in [4.69, 9.17) is 19.8 Å². The Balaban J connectivity index is -0.000000309. The molecule has 0 heterocycles. The molecule has 0 spiro atoms. The molecule has 158 valence electrons. The summed E-state index contributed by atoms with van der Waals surface area (Å²) in [6.45, 7) is 8.10. The van der Waals surface area contributed by atoms with E-state index in [1.807, 2.05) is 54.6 Å². The first-order valence-electron chi connectivity index (χ1n) is 8.78. The van der Waals surface area contributed by atoms with Crippen molar-refractivity contribution in [1.29, 1.82) is 0 Å². The Bertz CT molecular complexity index is 652. The average Bonchev–Trinajstić information content (AvgIpc) is 2.64. The van der Waals surface area contributed by atoms with Crippen LogP contribution in [0.2, 0.25) is 0 Å². The molecule has 3 rings (SSSR count). The van der Waals surface area contributed by atoms with Gasteiger partial charge in [-0.15, -0.1) is 0 Å². The predicted octanol–water partition coefficient (Wildman–Crippen LogP) is 2.52. The Kier molecular flexibility index (Phi) is 24.3. The summed E-state index contributed by atoms with van der Waals surface area (Å²) in [6, 6.07) is 32.5. The molecule has 0 aliphatic carbocycles. The third kappa shape index (κ3) is 33.0. The van der Waals surface area contributed by atoms with Crippen molar-refractivity contribution in [2.24, 2.45) is 0 Å². The monoisotopic (exact) mass is 512 g/mol. The Morgan fingerprint density at radius 3 is 0.900 bits per heavy atom. The van der Waals surface area contributed by atoms with E-state index in [2.05, 4.69) is 57.2 Å². The van der Waals surface area contributed by atoms with Crippen LogP contribution >= 0.6 is 0 Å². The quantitative estimate of drug-likeness (QED) is 0.433.